The van der Waals surface area contributed by atoms with Gasteiger partial charge >= 0.3 is 0 Å². The van der Waals surface area contributed by atoms with Gasteiger partial charge in [0.1, 0.15) is 5.04 Å². The molecular weight excluding hydrogens is 332 g/mol. The van der Waals surface area contributed by atoms with E-state index in [4.69, 9.17) is 5.11 Å². The van der Waals surface area contributed by atoms with E-state index in [1.165, 1.54) is 11.1 Å². The molecule has 136 valence electrons. The summed E-state index contributed by atoms with van der Waals surface area (Å²) >= 11 is 1.68. The first kappa shape index (κ1) is 19.9. The van der Waals surface area contributed by atoms with E-state index in [1.807, 2.05) is 0 Å². The predicted octanol–water partition coefficient (Wildman–Crippen LogP) is 3.90. The normalized spacial score (nSPS) is 22.0. The van der Waals surface area contributed by atoms with E-state index in [0.29, 0.717) is 5.92 Å². The monoisotopic (exact) mass is 360 g/mol. The molecule has 25 heavy (non-hydrogen) atoms. The van der Waals surface area contributed by atoms with Crippen LogP contribution >= 0.6 is 11.8 Å². The highest BCUT2D eigenvalue weighted by molar-refractivity contribution is 8.14. The minimum atomic E-state index is -0.615. The molecule has 0 aromatic heterocycles. The number of aryl methyl sites for hydroxylation is 1. The van der Waals surface area contributed by atoms with E-state index in [0.717, 1.165) is 34.8 Å². The third-order valence-electron chi connectivity index (χ3n) is 4.85. The van der Waals surface area contributed by atoms with Gasteiger partial charge in [-0.25, -0.2) is 0 Å². The summed E-state index contributed by atoms with van der Waals surface area (Å²) in [5.41, 5.74) is 4.83. The van der Waals surface area contributed by atoms with E-state index in [2.05, 4.69) is 62.0 Å². The second kappa shape index (κ2) is 9.32. The average molecular weight is 361 g/mol. The zero-order chi connectivity index (χ0) is 18.4. The molecule has 1 aromatic carbocycles. The lowest BCUT2D eigenvalue weighted by Gasteiger charge is -2.12. The molecule has 5 heteroatoms. The van der Waals surface area contributed by atoms with Gasteiger partial charge in [-0.3, -0.25) is 0 Å². The number of hydrogen-bond acceptors (Lipinski definition) is 5. The summed E-state index contributed by atoms with van der Waals surface area (Å²) in [6, 6.07) is 6.36. The molecule has 1 aliphatic rings. The molecule has 0 radical (unpaired) electrons. The highest BCUT2D eigenvalue weighted by atomic mass is 32.2. The fraction of sp³-hybridized carbons (Fsp3) is 0.500. The molecule has 0 heterocycles. The third-order valence-corrected chi connectivity index (χ3v) is 5.94. The Morgan fingerprint density at radius 2 is 2.24 bits per heavy atom. The van der Waals surface area contributed by atoms with Gasteiger partial charge in [-0.2, -0.15) is 5.10 Å². The van der Waals surface area contributed by atoms with Crippen LogP contribution in [-0.2, 0) is 0 Å². The average Bonchev–Trinajstić information content (AvgIpc) is 3.42. The number of aliphatic hydroxyl groups is 2. The second-order valence-corrected chi connectivity index (χ2v) is 7.43. The minimum Gasteiger partial charge on any atom is -0.394 e. The van der Waals surface area contributed by atoms with Gasteiger partial charge < -0.3 is 10.2 Å². The lowest BCUT2D eigenvalue weighted by Crippen LogP contribution is -2.15. The van der Waals surface area contributed by atoms with Crippen LogP contribution in [0.2, 0.25) is 0 Å². The minimum absolute atomic E-state index is 0.165. The Morgan fingerprint density at radius 1 is 1.48 bits per heavy atom. The molecule has 2 rings (SSSR count). The molecule has 4 nitrogen and oxygen atoms in total. The zero-order valence-corrected chi connectivity index (χ0v) is 16.1. The summed E-state index contributed by atoms with van der Waals surface area (Å²) in [5, 5.41) is 27.7. The first-order valence-electron chi connectivity index (χ1n) is 8.76. The number of rotatable bonds is 8. The van der Waals surface area contributed by atoms with Gasteiger partial charge in [0.15, 0.2) is 0 Å². The molecule has 1 aromatic rings. The van der Waals surface area contributed by atoms with Crippen LogP contribution < -0.4 is 0 Å². The summed E-state index contributed by atoms with van der Waals surface area (Å²) in [4.78, 5) is 0. The highest BCUT2D eigenvalue weighted by Crippen LogP contribution is 2.49. The van der Waals surface area contributed by atoms with Crippen LogP contribution in [0.4, 0.5) is 0 Å². The van der Waals surface area contributed by atoms with Crippen molar-refractivity contribution < 1.29 is 10.2 Å². The van der Waals surface area contributed by atoms with Crippen LogP contribution in [0.3, 0.4) is 0 Å². The lowest BCUT2D eigenvalue weighted by molar-refractivity contribution is 0.0764. The van der Waals surface area contributed by atoms with Crippen molar-refractivity contribution in [2.24, 2.45) is 16.1 Å². The molecule has 1 fully saturated rings. The maximum Gasteiger partial charge on any atom is 0.126 e. The van der Waals surface area contributed by atoms with E-state index in [-0.39, 0.29) is 12.5 Å². The molecule has 1 aliphatic carbocycles. The van der Waals surface area contributed by atoms with Gasteiger partial charge in [-0.15, -0.1) is 5.10 Å². The topological polar surface area (TPSA) is 65.2 Å². The Balaban J connectivity index is 2.15. The maximum atomic E-state index is 9.78. The summed E-state index contributed by atoms with van der Waals surface area (Å²) in [7, 11) is 0. The van der Waals surface area contributed by atoms with Gasteiger partial charge in [-0.1, -0.05) is 48.5 Å². The molecule has 2 N–H and O–H groups in total. The summed E-state index contributed by atoms with van der Waals surface area (Å²) < 4.78 is 0. The first-order chi connectivity index (χ1) is 12.0. The molecule has 0 saturated heterocycles. The van der Waals surface area contributed by atoms with Crippen molar-refractivity contribution in [3.63, 3.8) is 0 Å². The first-order valence-corrected chi connectivity index (χ1v) is 9.74. The molecule has 1 saturated carbocycles. The SMILES string of the molecule is C=N/N=C(\SC/C(=C/C)CC)c1ccc(C2CC2C(O)CO)cc1C. The standard InChI is InChI=1S/C20H28N2O2S/c1-5-14(6-2)12-25-20(22-21-4)16-8-7-15(9-13(16)3)17-10-18(17)19(24)11-23/h5,7-9,17-19,23-24H,4,6,10-12H2,1-3H3/b14-5+,22-20-. The van der Waals surface area contributed by atoms with Crippen molar-refractivity contribution in [1.82, 2.24) is 0 Å². The molecule has 3 atom stereocenters. The summed E-state index contributed by atoms with van der Waals surface area (Å²) in [6.07, 6.45) is 3.51. The Kier molecular flexibility index (Phi) is 7.41. The van der Waals surface area contributed by atoms with Crippen molar-refractivity contribution in [3.05, 3.63) is 46.5 Å². The van der Waals surface area contributed by atoms with Crippen LogP contribution in [0.5, 0.6) is 0 Å². The molecule has 0 aliphatic heterocycles. The van der Waals surface area contributed by atoms with Crippen molar-refractivity contribution in [3.8, 4) is 0 Å². The zero-order valence-electron chi connectivity index (χ0n) is 15.3. The van der Waals surface area contributed by atoms with E-state index in [9.17, 15) is 5.11 Å². The summed E-state index contributed by atoms with van der Waals surface area (Å²) in [5.74, 6) is 1.42. The van der Waals surface area contributed by atoms with Gasteiger partial charge in [0.25, 0.3) is 0 Å². The van der Waals surface area contributed by atoms with Crippen LogP contribution in [0.25, 0.3) is 0 Å². The quantitative estimate of drug-likeness (QED) is 0.320. The fourth-order valence-corrected chi connectivity index (χ4v) is 4.28. The Bertz CT molecular complexity index is 670. The summed E-state index contributed by atoms with van der Waals surface area (Å²) in [6.45, 7) is 9.64. The Hall–Kier alpha value is -1.43. The van der Waals surface area contributed by atoms with Gasteiger partial charge in [0, 0.05) is 18.0 Å². The van der Waals surface area contributed by atoms with E-state index < -0.39 is 6.10 Å². The van der Waals surface area contributed by atoms with Gasteiger partial charge in [-0.05, 0) is 49.7 Å². The second-order valence-electron chi connectivity index (χ2n) is 6.47. The van der Waals surface area contributed by atoms with E-state index >= 15 is 0 Å². The number of benzene rings is 1. The number of allylic oxidation sites excluding steroid dienone is 1. The number of hydrogen-bond donors (Lipinski definition) is 2. The molecule has 3 unspecified atom stereocenters. The molecule has 0 bridgehead atoms. The van der Waals surface area contributed by atoms with Crippen molar-refractivity contribution >= 4 is 23.5 Å². The lowest BCUT2D eigenvalue weighted by atomic mass is 10.0. The van der Waals surface area contributed by atoms with Gasteiger partial charge in [0.2, 0.25) is 0 Å². The van der Waals surface area contributed by atoms with Crippen LogP contribution in [0.15, 0.2) is 40.1 Å². The van der Waals surface area contributed by atoms with Crippen molar-refractivity contribution in [2.75, 3.05) is 12.4 Å². The Labute approximate surface area is 154 Å². The molecule has 0 amide bonds. The van der Waals surface area contributed by atoms with Crippen LogP contribution in [-0.4, -0.2) is 40.4 Å². The largest absolute Gasteiger partial charge is 0.394 e. The molecular formula is C20H28N2O2S. The van der Waals surface area contributed by atoms with Crippen molar-refractivity contribution in [2.45, 2.75) is 45.6 Å². The highest BCUT2D eigenvalue weighted by Gasteiger charge is 2.43. The fourth-order valence-electron chi connectivity index (χ4n) is 3.09. The number of aliphatic hydroxyl groups excluding tert-OH is 2. The predicted molar refractivity (Wildman–Crippen MR) is 108 cm³/mol. The van der Waals surface area contributed by atoms with Crippen molar-refractivity contribution in [1.29, 1.82) is 0 Å². The van der Waals surface area contributed by atoms with Crippen LogP contribution in [0.1, 0.15) is 49.3 Å². The molecule has 0 spiro atoms. The third kappa shape index (κ3) is 5.03. The maximum absolute atomic E-state index is 9.78. The Morgan fingerprint density at radius 3 is 2.80 bits per heavy atom. The van der Waals surface area contributed by atoms with E-state index in [1.54, 1.807) is 11.8 Å². The number of thioether (sulfide) groups is 1. The smallest absolute Gasteiger partial charge is 0.126 e. The van der Waals surface area contributed by atoms with Crippen LogP contribution in [0, 0.1) is 12.8 Å². The van der Waals surface area contributed by atoms with Gasteiger partial charge in [0.05, 0.1) is 12.7 Å². The number of nitrogens with zero attached hydrogens (tertiary/aromatic N) is 2.